The number of anilines is 1. The first-order valence-electron chi connectivity index (χ1n) is 6.05. The molecule has 4 heteroatoms. The molecule has 0 bridgehead atoms. The Balaban J connectivity index is 2.79. The molecule has 18 heavy (non-hydrogen) atoms. The number of hydrogen-bond acceptors (Lipinski definition) is 2. The molecule has 0 spiro atoms. The highest BCUT2D eigenvalue weighted by Gasteiger charge is 2.15. The van der Waals surface area contributed by atoms with Gasteiger partial charge >= 0.3 is 0 Å². The Kier molecular flexibility index (Phi) is 3.71. The second-order valence-corrected chi connectivity index (χ2v) is 4.78. The highest BCUT2D eigenvalue weighted by Crippen LogP contribution is 2.33. The van der Waals surface area contributed by atoms with Gasteiger partial charge in [-0.1, -0.05) is 18.5 Å². The normalized spacial score (nSPS) is 10.9. The Morgan fingerprint density at radius 1 is 1.33 bits per heavy atom. The Labute approximate surface area is 111 Å². The Morgan fingerprint density at radius 3 is 2.72 bits per heavy atom. The molecule has 1 N–H and O–H groups in total. The number of nitrogens with one attached hydrogen (secondary N) is 1. The maximum absolute atomic E-state index is 14.0. The maximum Gasteiger partial charge on any atom is 0.134 e. The molecule has 0 aliphatic heterocycles. The smallest absolute Gasteiger partial charge is 0.134 e. The number of pyridine rings is 1. The average Bonchev–Trinajstić information content (AvgIpc) is 2.35. The summed E-state index contributed by atoms with van der Waals surface area (Å²) in [5, 5.41) is 4.24. The van der Waals surface area contributed by atoms with E-state index < -0.39 is 0 Å². The third kappa shape index (κ3) is 2.15. The summed E-state index contributed by atoms with van der Waals surface area (Å²) in [7, 11) is 0. The van der Waals surface area contributed by atoms with Gasteiger partial charge in [0.1, 0.15) is 5.82 Å². The van der Waals surface area contributed by atoms with Crippen molar-refractivity contribution in [3.63, 3.8) is 0 Å². The maximum atomic E-state index is 14.0. The lowest BCUT2D eigenvalue weighted by atomic mass is 10.1. The molecule has 0 aliphatic carbocycles. The van der Waals surface area contributed by atoms with Crippen molar-refractivity contribution in [2.45, 2.75) is 27.2 Å². The quantitative estimate of drug-likeness (QED) is 0.887. The van der Waals surface area contributed by atoms with E-state index in [1.54, 1.807) is 6.07 Å². The van der Waals surface area contributed by atoms with Gasteiger partial charge in [0, 0.05) is 12.2 Å². The van der Waals surface area contributed by atoms with Crippen molar-refractivity contribution in [1.29, 1.82) is 0 Å². The predicted molar refractivity (Wildman–Crippen MR) is 75.0 cm³/mol. The van der Waals surface area contributed by atoms with Gasteiger partial charge in [0.25, 0.3) is 0 Å². The number of aryl methyl sites for hydroxylation is 1. The molecule has 2 rings (SSSR count). The van der Waals surface area contributed by atoms with E-state index in [-0.39, 0.29) is 5.82 Å². The zero-order valence-corrected chi connectivity index (χ0v) is 11.5. The third-order valence-electron chi connectivity index (χ3n) is 3.08. The number of halogens is 2. The summed E-state index contributed by atoms with van der Waals surface area (Å²) in [4.78, 5) is 4.39. The van der Waals surface area contributed by atoms with Crippen LogP contribution in [0.15, 0.2) is 12.1 Å². The first-order chi connectivity index (χ1) is 8.56. The molecule has 1 aromatic heterocycles. The minimum atomic E-state index is -0.288. The number of rotatable bonds is 3. The first-order valence-corrected chi connectivity index (χ1v) is 6.42. The Bertz CT molecular complexity index is 596. The summed E-state index contributed by atoms with van der Waals surface area (Å²) < 4.78 is 14.0. The van der Waals surface area contributed by atoms with Crippen LogP contribution in [0.25, 0.3) is 10.9 Å². The van der Waals surface area contributed by atoms with Gasteiger partial charge in [-0.2, -0.15) is 0 Å². The SMILES string of the molecule is CCCNc1c(C)c(C)nc2c(Cl)ccc(F)c12. The molecule has 2 nitrogen and oxygen atoms in total. The van der Waals surface area contributed by atoms with E-state index in [9.17, 15) is 4.39 Å². The number of fused-ring (bicyclic) bond motifs is 1. The van der Waals surface area contributed by atoms with Crippen molar-refractivity contribution in [2.75, 3.05) is 11.9 Å². The molecule has 0 saturated heterocycles. The van der Waals surface area contributed by atoms with Crippen LogP contribution < -0.4 is 5.32 Å². The van der Waals surface area contributed by atoms with Crippen LogP contribution in [0.3, 0.4) is 0 Å². The fourth-order valence-corrected chi connectivity index (χ4v) is 2.18. The number of hydrogen-bond donors (Lipinski definition) is 1. The second-order valence-electron chi connectivity index (χ2n) is 4.38. The Hall–Kier alpha value is -1.35. The molecule has 0 radical (unpaired) electrons. The summed E-state index contributed by atoms with van der Waals surface area (Å²) in [6.45, 7) is 6.72. The van der Waals surface area contributed by atoms with E-state index in [4.69, 9.17) is 11.6 Å². The van der Waals surface area contributed by atoms with E-state index in [1.807, 2.05) is 13.8 Å². The van der Waals surface area contributed by atoms with Gasteiger partial charge in [0.05, 0.1) is 21.6 Å². The largest absolute Gasteiger partial charge is 0.384 e. The number of aromatic nitrogens is 1. The standard InChI is InChI=1S/C14H16ClFN2/c1-4-7-17-13-8(2)9(3)18-14-10(15)5-6-11(16)12(13)14/h5-6H,4,7H2,1-3H3,(H,17,18). The minimum absolute atomic E-state index is 0.288. The van der Waals surface area contributed by atoms with Gasteiger partial charge in [0.15, 0.2) is 0 Å². The molecule has 1 aromatic carbocycles. The molecule has 2 aromatic rings. The molecule has 96 valence electrons. The molecular formula is C14H16ClFN2. The lowest BCUT2D eigenvalue weighted by Crippen LogP contribution is -2.06. The minimum Gasteiger partial charge on any atom is -0.384 e. The van der Waals surface area contributed by atoms with Gasteiger partial charge in [-0.25, -0.2) is 4.39 Å². The molecule has 0 amide bonds. The van der Waals surface area contributed by atoms with Crippen molar-refractivity contribution in [1.82, 2.24) is 4.98 Å². The zero-order valence-electron chi connectivity index (χ0n) is 10.8. The van der Waals surface area contributed by atoms with Crippen molar-refractivity contribution in [2.24, 2.45) is 0 Å². The van der Waals surface area contributed by atoms with Crippen molar-refractivity contribution < 1.29 is 4.39 Å². The lowest BCUT2D eigenvalue weighted by molar-refractivity contribution is 0.639. The van der Waals surface area contributed by atoms with E-state index in [0.717, 1.165) is 29.9 Å². The lowest BCUT2D eigenvalue weighted by Gasteiger charge is -2.15. The summed E-state index contributed by atoms with van der Waals surface area (Å²) in [5.74, 6) is -0.288. The molecule has 0 unspecified atom stereocenters. The monoisotopic (exact) mass is 266 g/mol. The van der Waals surface area contributed by atoms with Crippen LogP contribution >= 0.6 is 11.6 Å². The van der Waals surface area contributed by atoms with Crippen LogP contribution in [0.5, 0.6) is 0 Å². The van der Waals surface area contributed by atoms with Crippen LogP contribution in [0, 0.1) is 19.7 Å². The van der Waals surface area contributed by atoms with Gasteiger partial charge in [0.2, 0.25) is 0 Å². The van der Waals surface area contributed by atoms with Crippen LogP contribution in [-0.4, -0.2) is 11.5 Å². The van der Waals surface area contributed by atoms with Crippen LogP contribution in [0.4, 0.5) is 10.1 Å². The molecular weight excluding hydrogens is 251 g/mol. The molecule has 0 saturated carbocycles. The summed E-state index contributed by atoms with van der Waals surface area (Å²) in [6.07, 6.45) is 0.977. The first kappa shape index (κ1) is 13.1. The predicted octanol–water partition coefficient (Wildman–Crippen LogP) is 4.47. The topological polar surface area (TPSA) is 24.9 Å². The van der Waals surface area contributed by atoms with Crippen LogP contribution in [-0.2, 0) is 0 Å². The van der Waals surface area contributed by atoms with Crippen LogP contribution in [0.2, 0.25) is 5.02 Å². The number of nitrogens with zero attached hydrogens (tertiary/aromatic N) is 1. The fraction of sp³-hybridized carbons (Fsp3) is 0.357. The summed E-state index contributed by atoms with van der Waals surface area (Å²) in [6, 6.07) is 2.93. The summed E-state index contributed by atoms with van der Waals surface area (Å²) in [5.41, 5.74) is 3.17. The van der Waals surface area contributed by atoms with Gasteiger partial charge in [-0.05, 0) is 38.0 Å². The fourth-order valence-electron chi connectivity index (χ4n) is 1.98. The van der Waals surface area contributed by atoms with Crippen molar-refractivity contribution in [3.8, 4) is 0 Å². The van der Waals surface area contributed by atoms with Gasteiger partial charge in [-0.3, -0.25) is 4.98 Å². The third-order valence-corrected chi connectivity index (χ3v) is 3.38. The van der Waals surface area contributed by atoms with E-state index in [2.05, 4.69) is 17.2 Å². The van der Waals surface area contributed by atoms with E-state index in [0.29, 0.717) is 15.9 Å². The molecule has 1 heterocycles. The van der Waals surface area contributed by atoms with Gasteiger partial charge < -0.3 is 5.32 Å². The van der Waals surface area contributed by atoms with Gasteiger partial charge in [-0.15, -0.1) is 0 Å². The van der Waals surface area contributed by atoms with Crippen LogP contribution in [0.1, 0.15) is 24.6 Å². The van der Waals surface area contributed by atoms with E-state index in [1.165, 1.54) is 6.07 Å². The Morgan fingerprint density at radius 2 is 2.06 bits per heavy atom. The average molecular weight is 267 g/mol. The molecule has 0 atom stereocenters. The van der Waals surface area contributed by atoms with Crippen molar-refractivity contribution in [3.05, 3.63) is 34.2 Å². The second kappa shape index (κ2) is 5.11. The summed E-state index contributed by atoms with van der Waals surface area (Å²) >= 11 is 6.10. The highest BCUT2D eigenvalue weighted by atomic mass is 35.5. The van der Waals surface area contributed by atoms with Crippen molar-refractivity contribution >= 4 is 28.2 Å². The number of benzene rings is 1. The van der Waals surface area contributed by atoms with E-state index >= 15 is 0 Å². The molecule has 0 aliphatic rings. The zero-order chi connectivity index (χ0) is 13.3. The highest BCUT2D eigenvalue weighted by molar-refractivity contribution is 6.35. The molecule has 0 fully saturated rings.